The number of carbonyl (C=O) groups excluding carboxylic acids is 1. The fourth-order valence-corrected chi connectivity index (χ4v) is 2.88. The van der Waals surface area contributed by atoms with Crippen LogP contribution in [0.15, 0.2) is 24.5 Å². The minimum Gasteiger partial charge on any atom is -0.293 e. The molecule has 0 saturated heterocycles. The standard InChI is InChI=1S/C16H16F3N3O/c1-15(2)6-3-11-12(14(15)23)13(10-4-7-20-8-5-10)21-22(11)9-16(17,18)19/h4-5,7-8H,3,6,9H2,1-2H3. The van der Waals surface area contributed by atoms with E-state index < -0.39 is 18.1 Å². The molecule has 0 bridgehead atoms. The van der Waals surface area contributed by atoms with Crippen LogP contribution in [0.2, 0.25) is 0 Å². The molecule has 0 saturated carbocycles. The number of carbonyl (C=O) groups is 1. The minimum absolute atomic E-state index is 0.154. The summed E-state index contributed by atoms with van der Waals surface area (Å²) in [6, 6.07) is 3.30. The molecule has 0 fully saturated rings. The van der Waals surface area contributed by atoms with Gasteiger partial charge >= 0.3 is 6.18 Å². The van der Waals surface area contributed by atoms with Gasteiger partial charge in [0, 0.05) is 23.4 Å². The largest absolute Gasteiger partial charge is 0.408 e. The van der Waals surface area contributed by atoms with Crippen molar-refractivity contribution >= 4 is 5.78 Å². The van der Waals surface area contributed by atoms with Gasteiger partial charge in [-0.2, -0.15) is 18.3 Å². The Morgan fingerprint density at radius 2 is 1.91 bits per heavy atom. The van der Waals surface area contributed by atoms with Gasteiger partial charge in [0.1, 0.15) is 12.2 Å². The van der Waals surface area contributed by atoms with Crippen LogP contribution < -0.4 is 0 Å². The number of nitrogens with zero attached hydrogens (tertiary/aromatic N) is 3. The first kappa shape index (κ1) is 15.7. The van der Waals surface area contributed by atoms with Gasteiger partial charge in [-0.05, 0) is 25.0 Å². The lowest BCUT2D eigenvalue weighted by atomic mass is 9.74. The van der Waals surface area contributed by atoms with Gasteiger partial charge in [-0.15, -0.1) is 0 Å². The van der Waals surface area contributed by atoms with E-state index in [2.05, 4.69) is 10.1 Å². The highest BCUT2D eigenvalue weighted by molar-refractivity contribution is 6.06. The number of pyridine rings is 1. The average Bonchev–Trinajstić information content (AvgIpc) is 2.81. The number of aromatic nitrogens is 3. The van der Waals surface area contributed by atoms with Crippen molar-refractivity contribution in [2.24, 2.45) is 5.41 Å². The predicted octanol–water partition coefficient (Wildman–Crippen LogP) is 3.66. The number of ketones is 1. The molecule has 1 aliphatic carbocycles. The molecular weight excluding hydrogens is 307 g/mol. The van der Waals surface area contributed by atoms with Gasteiger partial charge in [-0.1, -0.05) is 13.8 Å². The smallest absolute Gasteiger partial charge is 0.293 e. The van der Waals surface area contributed by atoms with Crippen LogP contribution in [0.25, 0.3) is 11.3 Å². The summed E-state index contributed by atoms with van der Waals surface area (Å²) in [4.78, 5) is 16.7. The predicted molar refractivity (Wildman–Crippen MR) is 77.9 cm³/mol. The third-order valence-electron chi connectivity index (χ3n) is 4.17. The Balaban J connectivity index is 2.19. The first-order chi connectivity index (χ1) is 10.7. The van der Waals surface area contributed by atoms with Crippen LogP contribution in [0.1, 0.15) is 36.3 Å². The Morgan fingerprint density at radius 1 is 1.26 bits per heavy atom. The van der Waals surface area contributed by atoms with Crippen LogP contribution in [-0.2, 0) is 13.0 Å². The molecule has 4 nitrogen and oxygen atoms in total. The third-order valence-corrected chi connectivity index (χ3v) is 4.17. The maximum Gasteiger partial charge on any atom is 0.408 e. The monoisotopic (exact) mass is 323 g/mol. The van der Waals surface area contributed by atoms with Crippen molar-refractivity contribution in [3.63, 3.8) is 0 Å². The molecule has 2 aromatic heterocycles. The number of rotatable bonds is 2. The van der Waals surface area contributed by atoms with Crippen LogP contribution in [0.5, 0.6) is 0 Å². The summed E-state index contributed by atoms with van der Waals surface area (Å²) in [7, 11) is 0. The fourth-order valence-electron chi connectivity index (χ4n) is 2.88. The van der Waals surface area contributed by atoms with Crippen molar-refractivity contribution in [2.45, 2.75) is 39.4 Å². The second-order valence-corrected chi connectivity index (χ2v) is 6.39. The zero-order valence-corrected chi connectivity index (χ0v) is 12.8. The van der Waals surface area contributed by atoms with Gasteiger partial charge < -0.3 is 0 Å². The highest BCUT2D eigenvalue weighted by Gasteiger charge is 2.41. The zero-order valence-electron chi connectivity index (χ0n) is 12.8. The Bertz CT molecular complexity index is 748. The van der Waals surface area contributed by atoms with E-state index in [1.54, 1.807) is 12.1 Å². The summed E-state index contributed by atoms with van der Waals surface area (Å²) in [5.74, 6) is -0.154. The van der Waals surface area contributed by atoms with E-state index in [1.165, 1.54) is 12.4 Å². The van der Waals surface area contributed by atoms with Crippen molar-refractivity contribution in [1.29, 1.82) is 0 Å². The molecule has 122 valence electrons. The van der Waals surface area contributed by atoms with Gasteiger partial charge in [0.2, 0.25) is 0 Å². The highest BCUT2D eigenvalue weighted by Crippen LogP contribution is 2.39. The molecule has 2 aromatic rings. The Kier molecular flexibility index (Phi) is 3.54. The number of fused-ring (bicyclic) bond motifs is 1. The van der Waals surface area contributed by atoms with Crippen molar-refractivity contribution in [1.82, 2.24) is 14.8 Å². The molecule has 0 aliphatic heterocycles. The normalized spacial score (nSPS) is 17.2. The molecular formula is C16H16F3N3O. The molecule has 2 heterocycles. The van der Waals surface area contributed by atoms with Crippen molar-refractivity contribution in [3.8, 4) is 11.3 Å². The first-order valence-corrected chi connectivity index (χ1v) is 7.31. The Morgan fingerprint density at radius 3 is 2.52 bits per heavy atom. The van der Waals surface area contributed by atoms with E-state index in [0.717, 1.165) is 4.68 Å². The molecule has 0 unspecified atom stereocenters. The van der Waals surface area contributed by atoms with Gasteiger partial charge in [-0.25, -0.2) is 0 Å². The van der Waals surface area contributed by atoms with E-state index in [1.807, 2.05) is 13.8 Å². The lowest BCUT2D eigenvalue weighted by molar-refractivity contribution is -0.143. The van der Waals surface area contributed by atoms with E-state index in [9.17, 15) is 18.0 Å². The van der Waals surface area contributed by atoms with E-state index >= 15 is 0 Å². The van der Waals surface area contributed by atoms with E-state index in [-0.39, 0.29) is 5.78 Å². The van der Waals surface area contributed by atoms with Crippen LogP contribution in [0.3, 0.4) is 0 Å². The highest BCUT2D eigenvalue weighted by atomic mass is 19.4. The van der Waals surface area contributed by atoms with Gasteiger partial charge in [-0.3, -0.25) is 14.5 Å². The SMILES string of the molecule is CC1(C)CCc2c(c(-c3ccncc3)nn2CC(F)(F)F)C1=O. The summed E-state index contributed by atoms with van der Waals surface area (Å²) >= 11 is 0. The quantitative estimate of drug-likeness (QED) is 0.847. The first-order valence-electron chi connectivity index (χ1n) is 7.31. The van der Waals surface area contributed by atoms with Crippen molar-refractivity contribution in [2.75, 3.05) is 0 Å². The molecule has 0 aromatic carbocycles. The van der Waals surface area contributed by atoms with Crippen LogP contribution in [-0.4, -0.2) is 26.7 Å². The number of Topliss-reactive ketones (excluding diaryl/α,β-unsaturated/α-hetero) is 1. The van der Waals surface area contributed by atoms with E-state index in [0.29, 0.717) is 35.4 Å². The summed E-state index contributed by atoms with van der Waals surface area (Å²) in [5, 5.41) is 4.11. The molecule has 7 heteroatoms. The molecule has 0 atom stereocenters. The summed E-state index contributed by atoms with van der Waals surface area (Å²) < 4.78 is 39.4. The molecule has 0 amide bonds. The van der Waals surface area contributed by atoms with Crippen molar-refractivity contribution in [3.05, 3.63) is 35.8 Å². The maximum absolute atomic E-state index is 12.8. The fraction of sp³-hybridized carbons (Fsp3) is 0.438. The van der Waals surface area contributed by atoms with Gasteiger partial charge in [0.25, 0.3) is 0 Å². The number of alkyl halides is 3. The molecule has 0 spiro atoms. The van der Waals surface area contributed by atoms with Crippen LogP contribution >= 0.6 is 0 Å². The van der Waals surface area contributed by atoms with Crippen LogP contribution in [0.4, 0.5) is 13.2 Å². The second kappa shape index (κ2) is 5.18. The summed E-state index contributed by atoms with van der Waals surface area (Å²) in [6.07, 6.45) is -0.405. The molecule has 0 radical (unpaired) electrons. The van der Waals surface area contributed by atoms with Gasteiger partial charge in [0.15, 0.2) is 5.78 Å². The minimum atomic E-state index is -4.38. The molecule has 23 heavy (non-hydrogen) atoms. The number of hydrogen-bond acceptors (Lipinski definition) is 3. The van der Waals surface area contributed by atoms with Gasteiger partial charge in [0.05, 0.1) is 11.3 Å². The number of hydrogen-bond donors (Lipinski definition) is 0. The number of halogens is 3. The molecule has 0 N–H and O–H groups in total. The maximum atomic E-state index is 12.8. The third kappa shape index (κ3) is 2.87. The Labute approximate surface area is 131 Å². The average molecular weight is 323 g/mol. The van der Waals surface area contributed by atoms with Crippen LogP contribution in [0, 0.1) is 5.41 Å². The molecule has 3 rings (SSSR count). The summed E-state index contributed by atoms with van der Waals surface area (Å²) in [6.45, 7) is 2.44. The van der Waals surface area contributed by atoms with Crippen molar-refractivity contribution < 1.29 is 18.0 Å². The lowest BCUT2D eigenvalue weighted by Crippen LogP contribution is -2.31. The van der Waals surface area contributed by atoms with E-state index in [4.69, 9.17) is 0 Å². The summed E-state index contributed by atoms with van der Waals surface area (Å²) in [5.41, 5.74) is 1.00. The molecule has 1 aliphatic rings. The topological polar surface area (TPSA) is 47.8 Å². The Hall–Kier alpha value is -2.18. The zero-order chi connectivity index (χ0) is 16.8. The second-order valence-electron chi connectivity index (χ2n) is 6.39. The lowest BCUT2D eigenvalue weighted by Gasteiger charge is -2.28.